The Morgan fingerprint density at radius 2 is 1.47 bits per heavy atom. The highest BCUT2D eigenvalue weighted by atomic mass is 16.6. The van der Waals surface area contributed by atoms with Crippen LogP contribution in [0.1, 0.15) is 51.2 Å². The molecule has 5 nitrogen and oxygen atoms in total. The number of likely N-dealkylation sites (tertiary alicyclic amines) is 1. The number of ether oxygens (including phenoxy) is 2. The lowest BCUT2D eigenvalue weighted by atomic mass is 10.1. The molecule has 1 fully saturated rings. The van der Waals surface area contributed by atoms with Gasteiger partial charge in [-0.1, -0.05) is 60.7 Å². The van der Waals surface area contributed by atoms with Crippen molar-refractivity contribution in [1.82, 2.24) is 9.80 Å². The minimum atomic E-state index is -0.449. The van der Waals surface area contributed by atoms with E-state index in [1.165, 1.54) is 11.1 Å². The van der Waals surface area contributed by atoms with Crippen LogP contribution in [0.2, 0.25) is 0 Å². The van der Waals surface area contributed by atoms with Crippen molar-refractivity contribution in [3.8, 4) is 0 Å². The average Bonchev–Trinajstić information content (AvgIpc) is 2.77. The molecule has 0 spiro atoms. The van der Waals surface area contributed by atoms with Crippen LogP contribution >= 0.6 is 0 Å². The fourth-order valence-electron chi connectivity index (χ4n) is 3.97. The molecule has 1 aliphatic heterocycles. The third kappa shape index (κ3) is 8.64. The second-order valence-corrected chi connectivity index (χ2v) is 9.57. The van der Waals surface area contributed by atoms with Gasteiger partial charge in [0.1, 0.15) is 5.60 Å². The number of piperidine rings is 1. The quantitative estimate of drug-likeness (QED) is 0.485. The van der Waals surface area contributed by atoms with E-state index in [0.717, 1.165) is 45.5 Å². The summed E-state index contributed by atoms with van der Waals surface area (Å²) in [4.78, 5) is 16.5. The minimum absolute atomic E-state index is 0.214. The Morgan fingerprint density at radius 3 is 1.97 bits per heavy atom. The summed E-state index contributed by atoms with van der Waals surface area (Å²) in [5.41, 5.74) is 2.22. The Morgan fingerprint density at radius 1 is 0.938 bits per heavy atom. The minimum Gasteiger partial charge on any atom is -0.444 e. The van der Waals surface area contributed by atoms with E-state index in [4.69, 9.17) is 9.47 Å². The van der Waals surface area contributed by atoms with Gasteiger partial charge in [0.15, 0.2) is 0 Å². The first kappa shape index (κ1) is 24.3. The van der Waals surface area contributed by atoms with E-state index < -0.39 is 5.60 Å². The van der Waals surface area contributed by atoms with Crippen LogP contribution in [0.3, 0.4) is 0 Å². The number of rotatable bonds is 9. The van der Waals surface area contributed by atoms with Crippen LogP contribution in [-0.4, -0.2) is 53.8 Å². The average molecular weight is 439 g/mol. The van der Waals surface area contributed by atoms with Crippen LogP contribution < -0.4 is 0 Å². The number of carbonyl (C=O) groups excluding carboxylic acids is 1. The van der Waals surface area contributed by atoms with E-state index in [-0.39, 0.29) is 12.2 Å². The summed E-state index contributed by atoms with van der Waals surface area (Å²) < 4.78 is 11.6. The molecule has 0 atom stereocenters. The first-order valence-electron chi connectivity index (χ1n) is 11.8. The Hall–Kier alpha value is -2.37. The summed E-state index contributed by atoms with van der Waals surface area (Å²) in [7, 11) is 0. The topological polar surface area (TPSA) is 42.0 Å². The molecule has 0 saturated carbocycles. The fourth-order valence-corrected chi connectivity index (χ4v) is 3.97. The largest absolute Gasteiger partial charge is 0.444 e. The smallest absolute Gasteiger partial charge is 0.410 e. The van der Waals surface area contributed by atoms with Gasteiger partial charge in [0, 0.05) is 39.3 Å². The molecule has 0 N–H and O–H groups in total. The maximum atomic E-state index is 12.2. The molecule has 174 valence electrons. The van der Waals surface area contributed by atoms with E-state index in [0.29, 0.717) is 13.1 Å². The van der Waals surface area contributed by atoms with Gasteiger partial charge in [-0.25, -0.2) is 4.79 Å². The van der Waals surface area contributed by atoms with Gasteiger partial charge in [0.05, 0.1) is 6.10 Å². The molecule has 0 radical (unpaired) electrons. The lowest BCUT2D eigenvalue weighted by Crippen LogP contribution is -2.43. The van der Waals surface area contributed by atoms with Crippen molar-refractivity contribution < 1.29 is 14.3 Å². The number of amides is 1. The molecule has 0 aliphatic carbocycles. The van der Waals surface area contributed by atoms with Crippen LogP contribution in [0.25, 0.3) is 0 Å². The second-order valence-electron chi connectivity index (χ2n) is 9.57. The standard InChI is InChI=1S/C27H38N2O3/c1-27(2,3)32-26(30)29-18-15-25(16-19-29)31-20-10-17-28(21-23-11-6-4-7-12-23)22-24-13-8-5-9-14-24/h4-9,11-14,25H,10,15-22H2,1-3H3. The highest BCUT2D eigenvalue weighted by Gasteiger charge is 2.27. The Labute approximate surface area is 193 Å². The number of carbonyl (C=O) groups is 1. The first-order valence-corrected chi connectivity index (χ1v) is 11.8. The van der Waals surface area contributed by atoms with Gasteiger partial charge >= 0.3 is 6.09 Å². The van der Waals surface area contributed by atoms with Crippen LogP contribution in [0, 0.1) is 0 Å². The molecule has 0 aromatic heterocycles. The number of hydrogen-bond donors (Lipinski definition) is 0. The summed E-state index contributed by atoms with van der Waals surface area (Å²) in [6, 6.07) is 21.3. The molecule has 2 aromatic rings. The lowest BCUT2D eigenvalue weighted by molar-refractivity contribution is -0.0132. The molecule has 2 aromatic carbocycles. The van der Waals surface area contributed by atoms with Crippen molar-refractivity contribution >= 4 is 6.09 Å². The molecule has 3 rings (SSSR count). The van der Waals surface area contributed by atoms with E-state index in [2.05, 4.69) is 65.6 Å². The van der Waals surface area contributed by atoms with Crippen LogP contribution in [-0.2, 0) is 22.6 Å². The Kier molecular flexibility index (Phi) is 9.12. The number of hydrogen-bond acceptors (Lipinski definition) is 4. The number of nitrogens with zero attached hydrogens (tertiary/aromatic N) is 2. The molecule has 1 saturated heterocycles. The summed E-state index contributed by atoms with van der Waals surface area (Å²) in [6.45, 7) is 10.7. The second kappa shape index (κ2) is 12.0. The van der Waals surface area contributed by atoms with Crippen molar-refractivity contribution in [1.29, 1.82) is 0 Å². The monoisotopic (exact) mass is 438 g/mol. The molecule has 0 unspecified atom stereocenters. The van der Waals surface area contributed by atoms with Crippen LogP contribution in [0.4, 0.5) is 4.79 Å². The van der Waals surface area contributed by atoms with Crippen molar-refractivity contribution in [3.63, 3.8) is 0 Å². The highest BCUT2D eigenvalue weighted by Crippen LogP contribution is 2.18. The first-order chi connectivity index (χ1) is 15.4. The van der Waals surface area contributed by atoms with Gasteiger partial charge in [-0.05, 0) is 51.2 Å². The van der Waals surface area contributed by atoms with Crippen molar-refractivity contribution in [3.05, 3.63) is 71.8 Å². The maximum Gasteiger partial charge on any atom is 0.410 e. The van der Waals surface area contributed by atoms with Crippen molar-refractivity contribution in [2.75, 3.05) is 26.2 Å². The molecule has 0 bridgehead atoms. The van der Waals surface area contributed by atoms with Gasteiger partial charge in [0.2, 0.25) is 0 Å². The molecule has 32 heavy (non-hydrogen) atoms. The van der Waals surface area contributed by atoms with E-state index in [9.17, 15) is 4.79 Å². The lowest BCUT2D eigenvalue weighted by Gasteiger charge is -2.33. The van der Waals surface area contributed by atoms with Crippen LogP contribution in [0.5, 0.6) is 0 Å². The van der Waals surface area contributed by atoms with E-state index in [1.807, 2.05) is 20.8 Å². The Bertz CT molecular complexity index is 755. The zero-order chi connectivity index (χ0) is 22.8. The molecule has 5 heteroatoms. The predicted octanol–water partition coefficient (Wildman–Crippen LogP) is 5.50. The third-order valence-electron chi connectivity index (χ3n) is 5.56. The van der Waals surface area contributed by atoms with Gasteiger partial charge in [-0.3, -0.25) is 4.90 Å². The molecule has 1 aliphatic rings. The zero-order valence-corrected chi connectivity index (χ0v) is 19.8. The summed E-state index contributed by atoms with van der Waals surface area (Å²) >= 11 is 0. The Balaban J connectivity index is 1.40. The fraction of sp³-hybridized carbons (Fsp3) is 0.519. The predicted molar refractivity (Wildman–Crippen MR) is 128 cm³/mol. The third-order valence-corrected chi connectivity index (χ3v) is 5.56. The highest BCUT2D eigenvalue weighted by molar-refractivity contribution is 5.68. The summed E-state index contributed by atoms with van der Waals surface area (Å²) in [5, 5.41) is 0. The van der Waals surface area contributed by atoms with Gasteiger partial charge in [-0.15, -0.1) is 0 Å². The van der Waals surface area contributed by atoms with Crippen molar-refractivity contribution in [2.24, 2.45) is 0 Å². The van der Waals surface area contributed by atoms with Gasteiger partial charge < -0.3 is 14.4 Å². The zero-order valence-electron chi connectivity index (χ0n) is 19.8. The van der Waals surface area contributed by atoms with E-state index >= 15 is 0 Å². The SMILES string of the molecule is CC(C)(C)OC(=O)N1CCC(OCCCN(Cc2ccccc2)Cc2ccccc2)CC1. The van der Waals surface area contributed by atoms with Gasteiger partial charge in [-0.2, -0.15) is 0 Å². The van der Waals surface area contributed by atoms with Crippen LogP contribution in [0.15, 0.2) is 60.7 Å². The van der Waals surface area contributed by atoms with E-state index in [1.54, 1.807) is 4.90 Å². The number of benzene rings is 2. The molecule has 1 heterocycles. The normalized spacial score (nSPS) is 15.2. The molecule has 1 amide bonds. The summed E-state index contributed by atoms with van der Waals surface area (Å²) in [5.74, 6) is 0. The van der Waals surface area contributed by atoms with Crippen molar-refractivity contribution in [2.45, 2.75) is 64.8 Å². The van der Waals surface area contributed by atoms with Gasteiger partial charge in [0.25, 0.3) is 0 Å². The molecular formula is C27H38N2O3. The summed E-state index contributed by atoms with van der Waals surface area (Å²) in [6.07, 6.45) is 2.75. The molecular weight excluding hydrogens is 400 g/mol. The maximum absolute atomic E-state index is 12.2.